The van der Waals surface area contributed by atoms with Crippen molar-refractivity contribution in [3.05, 3.63) is 0 Å². The zero-order valence-corrected chi connectivity index (χ0v) is 11.5. The van der Waals surface area contributed by atoms with Crippen molar-refractivity contribution in [3.8, 4) is 0 Å². The van der Waals surface area contributed by atoms with Gasteiger partial charge < -0.3 is 10.1 Å². The lowest BCUT2D eigenvalue weighted by atomic mass is 9.82. The van der Waals surface area contributed by atoms with Gasteiger partial charge in [-0.05, 0) is 43.6 Å². The van der Waals surface area contributed by atoms with Crippen LogP contribution in [0, 0.1) is 17.8 Å². The molecule has 0 amide bonds. The van der Waals surface area contributed by atoms with E-state index in [2.05, 4.69) is 33.0 Å². The maximum Gasteiger partial charge on any atom is 0.0468 e. The molecule has 0 radical (unpaired) electrons. The first-order chi connectivity index (χ1) is 7.65. The second-order valence-electron chi connectivity index (χ2n) is 5.56. The minimum Gasteiger partial charge on any atom is -0.381 e. The van der Waals surface area contributed by atoms with Gasteiger partial charge in [0.05, 0.1) is 0 Å². The number of rotatable bonds is 6. The number of hydrogen-bond donors (Lipinski definition) is 1. The van der Waals surface area contributed by atoms with E-state index in [1.807, 2.05) is 0 Å². The smallest absolute Gasteiger partial charge is 0.0468 e. The van der Waals surface area contributed by atoms with Crippen molar-refractivity contribution < 1.29 is 4.74 Å². The van der Waals surface area contributed by atoms with E-state index in [0.29, 0.717) is 6.04 Å². The molecule has 2 atom stereocenters. The summed E-state index contributed by atoms with van der Waals surface area (Å²) >= 11 is 0. The fourth-order valence-corrected chi connectivity index (χ4v) is 2.55. The predicted octanol–water partition coefficient (Wildman–Crippen LogP) is 3.07. The molecule has 2 heteroatoms. The zero-order valence-electron chi connectivity index (χ0n) is 11.5. The monoisotopic (exact) mass is 227 g/mol. The van der Waals surface area contributed by atoms with Crippen molar-refractivity contribution in [2.24, 2.45) is 17.8 Å². The van der Waals surface area contributed by atoms with Crippen LogP contribution in [0.2, 0.25) is 0 Å². The summed E-state index contributed by atoms with van der Waals surface area (Å²) in [5.74, 6) is 2.41. The largest absolute Gasteiger partial charge is 0.381 e. The normalized spacial score (nSPS) is 22.3. The third kappa shape index (κ3) is 4.42. The highest BCUT2D eigenvalue weighted by molar-refractivity contribution is 4.79. The van der Waals surface area contributed by atoms with Gasteiger partial charge in [0.2, 0.25) is 0 Å². The van der Waals surface area contributed by atoms with Crippen molar-refractivity contribution >= 4 is 0 Å². The van der Waals surface area contributed by atoms with Gasteiger partial charge in [0.15, 0.2) is 0 Å². The quantitative estimate of drug-likeness (QED) is 0.753. The average Bonchev–Trinajstić information content (AvgIpc) is 2.29. The Hall–Kier alpha value is -0.0800. The summed E-state index contributed by atoms with van der Waals surface area (Å²) in [7, 11) is 0. The van der Waals surface area contributed by atoms with Gasteiger partial charge in [0.1, 0.15) is 0 Å². The van der Waals surface area contributed by atoms with Crippen LogP contribution in [0.25, 0.3) is 0 Å². The van der Waals surface area contributed by atoms with E-state index in [4.69, 9.17) is 4.74 Å². The SMILES string of the molecule is CCNC(CC1CCOCC1)C(C)C(C)C. The van der Waals surface area contributed by atoms with Crippen LogP contribution in [0.1, 0.15) is 47.0 Å². The van der Waals surface area contributed by atoms with Crippen LogP contribution in [-0.4, -0.2) is 25.8 Å². The van der Waals surface area contributed by atoms with E-state index in [-0.39, 0.29) is 0 Å². The summed E-state index contributed by atoms with van der Waals surface area (Å²) < 4.78 is 5.43. The maximum absolute atomic E-state index is 5.43. The predicted molar refractivity (Wildman–Crippen MR) is 69.6 cm³/mol. The zero-order chi connectivity index (χ0) is 12.0. The van der Waals surface area contributed by atoms with Crippen molar-refractivity contribution in [1.29, 1.82) is 0 Å². The number of ether oxygens (including phenoxy) is 1. The Bertz CT molecular complexity index is 176. The third-order valence-electron chi connectivity index (χ3n) is 4.08. The highest BCUT2D eigenvalue weighted by Gasteiger charge is 2.24. The van der Waals surface area contributed by atoms with E-state index in [1.54, 1.807) is 0 Å². The highest BCUT2D eigenvalue weighted by Crippen LogP contribution is 2.25. The first-order valence-electron chi connectivity index (χ1n) is 6.96. The van der Waals surface area contributed by atoms with Crippen molar-refractivity contribution in [3.63, 3.8) is 0 Å². The van der Waals surface area contributed by atoms with Crippen molar-refractivity contribution in [1.82, 2.24) is 5.32 Å². The fourth-order valence-electron chi connectivity index (χ4n) is 2.55. The topological polar surface area (TPSA) is 21.3 Å². The lowest BCUT2D eigenvalue weighted by Crippen LogP contribution is -2.39. The van der Waals surface area contributed by atoms with Gasteiger partial charge in [0, 0.05) is 19.3 Å². The molecule has 0 bridgehead atoms. The summed E-state index contributed by atoms with van der Waals surface area (Å²) in [5, 5.41) is 3.67. The molecule has 1 fully saturated rings. The lowest BCUT2D eigenvalue weighted by Gasteiger charge is -2.32. The van der Waals surface area contributed by atoms with E-state index in [0.717, 1.165) is 37.5 Å². The molecule has 1 N–H and O–H groups in total. The summed E-state index contributed by atoms with van der Waals surface area (Å²) in [6, 6.07) is 0.688. The molecule has 96 valence electrons. The molecule has 1 aliphatic rings. The Labute approximate surface area is 101 Å². The molecule has 1 heterocycles. The van der Waals surface area contributed by atoms with Crippen LogP contribution < -0.4 is 5.32 Å². The molecule has 1 rings (SSSR count). The molecule has 0 spiro atoms. The van der Waals surface area contributed by atoms with Crippen LogP contribution in [0.15, 0.2) is 0 Å². The number of nitrogens with one attached hydrogen (secondary N) is 1. The first-order valence-corrected chi connectivity index (χ1v) is 6.96. The molecule has 0 aromatic rings. The van der Waals surface area contributed by atoms with Crippen LogP contribution in [0.5, 0.6) is 0 Å². The Balaban J connectivity index is 2.42. The summed E-state index contributed by atoms with van der Waals surface area (Å²) in [4.78, 5) is 0. The minimum atomic E-state index is 0.688. The molecule has 0 aromatic heterocycles. The fraction of sp³-hybridized carbons (Fsp3) is 1.00. The Morgan fingerprint density at radius 1 is 1.19 bits per heavy atom. The minimum absolute atomic E-state index is 0.688. The van der Waals surface area contributed by atoms with E-state index in [9.17, 15) is 0 Å². The van der Waals surface area contributed by atoms with Crippen molar-refractivity contribution in [2.45, 2.75) is 53.0 Å². The third-order valence-corrected chi connectivity index (χ3v) is 4.08. The van der Waals surface area contributed by atoms with Crippen LogP contribution in [-0.2, 0) is 4.74 Å². The van der Waals surface area contributed by atoms with Gasteiger partial charge in [-0.1, -0.05) is 27.7 Å². The van der Waals surface area contributed by atoms with E-state index >= 15 is 0 Å². The van der Waals surface area contributed by atoms with Gasteiger partial charge in [-0.25, -0.2) is 0 Å². The molecule has 1 aliphatic heterocycles. The van der Waals surface area contributed by atoms with E-state index in [1.165, 1.54) is 19.3 Å². The molecular formula is C14H29NO. The molecule has 2 nitrogen and oxygen atoms in total. The summed E-state index contributed by atoms with van der Waals surface area (Å²) in [5.41, 5.74) is 0. The average molecular weight is 227 g/mol. The Morgan fingerprint density at radius 3 is 2.31 bits per heavy atom. The second kappa shape index (κ2) is 7.29. The maximum atomic E-state index is 5.43. The van der Waals surface area contributed by atoms with Crippen molar-refractivity contribution in [2.75, 3.05) is 19.8 Å². The molecule has 16 heavy (non-hydrogen) atoms. The summed E-state index contributed by atoms with van der Waals surface area (Å²) in [6.45, 7) is 12.3. The van der Waals surface area contributed by atoms with Gasteiger partial charge in [-0.3, -0.25) is 0 Å². The van der Waals surface area contributed by atoms with Gasteiger partial charge in [0.25, 0.3) is 0 Å². The lowest BCUT2D eigenvalue weighted by molar-refractivity contribution is 0.0570. The van der Waals surface area contributed by atoms with Crippen LogP contribution >= 0.6 is 0 Å². The Morgan fingerprint density at radius 2 is 1.81 bits per heavy atom. The number of hydrogen-bond acceptors (Lipinski definition) is 2. The molecule has 1 saturated heterocycles. The van der Waals surface area contributed by atoms with Gasteiger partial charge in [-0.15, -0.1) is 0 Å². The Kier molecular flexibility index (Phi) is 6.37. The molecule has 0 aromatic carbocycles. The first kappa shape index (κ1) is 14.0. The molecule has 0 saturated carbocycles. The molecule has 0 aliphatic carbocycles. The molecule has 2 unspecified atom stereocenters. The standard InChI is InChI=1S/C14H29NO/c1-5-15-14(12(4)11(2)3)10-13-6-8-16-9-7-13/h11-15H,5-10H2,1-4H3. The van der Waals surface area contributed by atoms with E-state index < -0.39 is 0 Å². The van der Waals surface area contributed by atoms with Crippen LogP contribution in [0.3, 0.4) is 0 Å². The van der Waals surface area contributed by atoms with Gasteiger partial charge in [-0.2, -0.15) is 0 Å². The van der Waals surface area contributed by atoms with Gasteiger partial charge >= 0.3 is 0 Å². The summed E-state index contributed by atoms with van der Waals surface area (Å²) in [6.07, 6.45) is 3.84. The highest BCUT2D eigenvalue weighted by atomic mass is 16.5. The van der Waals surface area contributed by atoms with Crippen LogP contribution in [0.4, 0.5) is 0 Å². The molecular weight excluding hydrogens is 198 g/mol. The second-order valence-corrected chi connectivity index (χ2v) is 5.56.